The lowest BCUT2D eigenvalue weighted by Gasteiger charge is -2.27. The molecule has 0 bridgehead atoms. The number of carbonyl (C=O) groups is 2. The summed E-state index contributed by atoms with van der Waals surface area (Å²) in [6, 6.07) is 13.8. The van der Waals surface area contributed by atoms with Gasteiger partial charge in [0, 0.05) is 28.0 Å². The van der Waals surface area contributed by atoms with Gasteiger partial charge in [0.15, 0.2) is 6.10 Å². The number of para-hydroxylation sites is 1. The Morgan fingerprint density at radius 2 is 1.93 bits per heavy atom. The molecular formula is C21H22INO6. The minimum absolute atomic E-state index is 0.0222. The summed E-state index contributed by atoms with van der Waals surface area (Å²) in [7, 11) is 1.47. The molecule has 0 unspecified atom stereocenters. The number of carboxylic acid groups (broad SMARTS) is 1. The van der Waals surface area contributed by atoms with E-state index in [1.165, 1.54) is 19.3 Å². The van der Waals surface area contributed by atoms with Gasteiger partial charge in [0.1, 0.15) is 5.75 Å². The molecule has 29 heavy (non-hydrogen) atoms. The Hall–Kier alpha value is -2.59. The molecule has 8 heteroatoms. The lowest BCUT2D eigenvalue weighted by molar-refractivity contribution is -0.131. The van der Waals surface area contributed by atoms with Gasteiger partial charge < -0.3 is 19.7 Å². The molecule has 0 fully saturated rings. The van der Waals surface area contributed by atoms with Crippen LogP contribution in [-0.2, 0) is 14.3 Å². The first-order chi connectivity index (χ1) is 13.9. The van der Waals surface area contributed by atoms with E-state index >= 15 is 0 Å². The fraction of sp³-hybridized carbons (Fsp3) is 0.238. The molecule has 2 atom stereocenters. The molecule has 7 nitrogen and oxygen atoms in total. The molecule has 1 amide bonds. The molecule has 3 N–H and O–H groups in total. The summed E-state index contributed by atoms with van der Waals surface area (Å²) in [5, 5.41) is 21.7. The van der Waals surface area contributed by atoms with Gasteiger partial charge in [0.25, 0.3) is 0 Å². The first-order valence-electron chi connectivity index (χ1n) is 8.84. The maximum atomic E-state index is 12.5. The summed E-state index contributed by atoms with van der Waals surface area (Å²) in [5.41, 5.74) is 0.982. The molecule has 0 heterocycles. The van der Waals surface area contributed by atoms with Crippen LogP contribution in [0, 0.1) is 3.57 Å². The molecule has 2 rings (SSSR count). The minimum Gasteiger partial charge on any atom is -0.508 e. The van der Waals surface area contributed by atoms with E-state index in [2.05, 4.69) is 27.9 Å². The predicted molar refractivity (Wildman–Crippen MR) is 117 cm³/mol. The average molecular weight is 511 g/mol. The van der Waals surface area contributed by atoms with Gasteiger partial charge in [-0.1, -0.05) is 24.3 Å². The van der Waals surface area contributed by atoms with E-state index in [9.17, 15) is 14.7 Å². The third-order valence-electron chi connectivity index (χ3n) is 4.07. The van der Waals surface area contributed by atoms with E-state index in [1.54, 1.807) is 36.4 Å². The van der Waals surface area contributed by atoms with Gasteiger partial charge in [0.05, 0.1) is 6.10 Å². The molecule has 2 aromatic carbocycles. The van der Waals surface area contributed by atoms with Crippen LogP contribution in [0.3, 0.4) is 0 Å². The van der Waals surface area contributed by atoms with Crippen molar-refractivity contribution in [1.29, 1.82) is 0 Å². The maximum Gasteiger partial charge on any atom is 0.412 e. The summed E-state index contributed by atoms with van der Waals surface area (Å²) >= 11 is 2.10. The van der Waals surface area contributed by atoms with Crippen molar-refractivity contribution in [2.45, 2.75) is 25.0 Å². The van der Waals surface area contributed by atoms with Gasteiger partial charge >= 0.3 is 12.1 Å². The van der Waals surface area contributed by atoms with E-state index < -0.39 is 24.3 Å². The van der Waals surface area contributed by atoms with Crippen LogP contribution >= 0.6 is 22.6 Å². The Balaban J connectivity index is 2.23. The molecule has 0 radical (unpaired) electrons. The number of phenolic OH excluding ortho intramolecular Hbond substituents is 1. The molecule has 0 aromatic heterocycles. The summed E-state index contributed by atoms with van der Waals surface area (Å²) in [4.78, 5) is 23.1. The Morgan fingerprint density at radius 1 is 1.21 bits per heavy atom. The predicted octanol–water partition coefficient (Wildman–Crippen LogP) is 4.72. The van der Waals surface area contributed by atoms with E-state index in [4.69, 9.17) is 14.6 Å². The van der Waals surface area contributed by atoms with Crippen LogP contribution in [0.25, 0.3) is 0 Å². The number of aliphatic carboxylic acids is 1. The highest BCUT2D eigenvalue weighted by molar-refractivity contribution is 14.1. The summed E-state index contributed by atoms with van der Waals surface area (Å²) < 4.78 is 12.0. The van der Waals surface area contributed by atoms with Crippen LogP contribution < -0.4 is 5.32 Å². The van der Waals surface area contributed by atoms with Crippen LogP contribution in [0.2, 0.25) is 0 Å². The Labute approximate surface area is 182 Å². The normalized spacial score (nSPS) is 13.0. The zero-order chi connectivity index (χ0) is 21.2. The standard InChI is InChI=1S/C21H22INO6/c1-28-18(9-5-6-10-19(25)26)20(16-13-14(22)11-12-17(16)24)29-21(27)23-15-7-3-2-4-8-15/h2-4,6-8,10-13,18,20,24H,5,9H2,1H3,(H,23,27)(H,25,26)/b10-6+/t18-,20-/m1/s1. The van der Waals surface area contributed by atoms with Crippen LogP contribution in [-0.4, -0.2) is 35.5 Å². The Bertz CT molecular complexity index is 856. The second-order valence-electron chi connectivity index (χ2n) is 6.11. The number of ether oxygens (including phenoxy) is 2. The zero-order valence-electron chi connectivity index (χ0n) is 15.7. The fourth-order valence-electron chi connectivity index (χ4n) is 2.71. The number of allylic oxidation sites excluding steroid dienone is 1. The van der Waals surface area contributed by atoms with Gasteiger partial charge in [-0.25, -0.2) is 9.59 Å². The maximum absolute atomic E-state index is 12.5. The van der Waals surface area contributed by atoms with Crippen LogP contribution in [0.4, 0.5) is 10.5 Å². The number of hydrogen-bond donors (Lipinski definition) is 3. The second-order valence-corrected chi connectivity index (χ2v) is 7.36. The Kier molecular flexibility index (Phi) is 8.94. The number of hydrogen-bond acceptors (Lipinski definition) is 5. The van der Waals surface area contributed by atoms with Crippen molar-refractivity contribution in [3.63, 3.8) is 0 Å². The number of methoxy groups -OCH3 is 1. The molecule has 0 saturated heterocycles. The number of amides is 1. The highest BCUT2D eigenvalue weighted by Crippen LogP contribution is 2.34. The molecular weight excluding hydrogens is 489 g/mol. The Morgan fingerprint density at radius 3 is 2.59 bits per heavy atom. The molecule has 0 aliphatic carbocycles. The van der Waals surface area contributed by atoms with Gasteiger partial charge in [0.2, 0.25) is 0 Å². The summed E-state index contributed by atoms with van der Waals surface area (Å²) in [6.45, 7) is 0. The number of anilines is 1. The first-order valence-corrected chi connectivity index (χ1v) is 9.92. The van der Waals surface area contributed by atoms with Crippen molar-refractivity contribution < 1.29 is 29.3 Å². The van der Waals surface area contributed by atoms with Crippen molar-refractivity contribution in [3.8, 4) is 5.75 Å². The van der Waals surface area contributed by atoms with E-state index in [-0.39, 0.29) is 5.75 Å². The SMILES string of the molecule is CO[C@H](CC/C=C/C(=O)O)[C@H](OC(=O)Nc1ccccc1)c1cc(I)ccc1O. The quantitative estimate of drug-likeness (QED) is 0.333. The third kappa shape index (κ3) is 7.39. The fourth-order valence-corrected chi connectivity index (χ4v) is 3.23. The summed E-state index contributed by atoms with van der Waals surface area (Å²) in [6.07, 6.45) is 1.15. The lowest BCUT2D eigenvalue weighted by Crippen LogP contribution is -2.28. The van der Waals surface area contributed by atoms with E-state index in [0.717, 1.165) is 9.65 Å². The van der Waals surface area contributed by atoms with Gasteiger partial charge in [-0.15, -0.1) is 0 Å². The van der Waals surface area contributed by atoms with Crippen molar-refractivity contribution in [3.05, 3.63) is 69.8 Å². The highest BCUT2D eigenvalue weighted by atomic mass is 127. The second kappa shape index (κ2) is 11.4. The number of halogens is 1. The van der Waals surface area contributed by atoms with Crippen LogP contribution in [0.5, 0.6) is 5.75 Å². The number of carbonyl (C=O) groups excluding carboxylic acids is 1. The number of carboxylic acids is 1. The van der Waals surface area contributed by atoms with Crippen molar-refractivity contribution in [2.24, 2.45) is 0 Å². The molecule has 0 saturated carbocycles. The monoisotopic (exact) mass is 511 g/mol. The van der Waals surface area contributed by atoms with E-state index in [0.29, 0.717) is 24.1 Å². The van der Waals surface area contributed by atoms with Gasteiger partial charge in [-0.3, -0.25) is 5.32 Å². The smallest absolute Gasteiger partial charge is 0.412 e. The van der Waals surface area contributed by atoms with Crippen molar-refractivity contribution in [1.82, 2.24) is 0 Å². The minimum atomic E-state index is -1.04. The van der Waals surface area contributed by atoms with Gasteiger partial charge in [-0.2, -0.15) is 0 Å². The molecule has 0 aliphatic rings. The zero-order valence-corrected chi connectivity index (χ0v) is 17.9. The van der Waals surface area contributed by atoms with Crippen LogP contribution in [0.15, 0.2) is 60.7 Å². The first kappa shape index (κ1) is 22.7. The largest absolute Gasteiger partial charge is 0.508 e. The van der Waals surface area contributed by atoms with Crippen molar-refractivity contribution in [2.75, 3.05) is 12.4 Å². The molecule has 154 valence electrons. The number of rotatable bonds is 9. The lowest BCUT2D eigenvalue weighted by atomic mass is 9.99. The van der Waals surface area contributed by atoms with Gasteiger partial charge in [-0.05, 0) is 65.8 Å². The topological polar surface area (TPSA) is 105 Å². The average Bonchev–Trinajstić information content (AvgIpc) is 2.69. The molecule has 0 aliphatic heterocycles. The number of phenols is 1. The van der Waals surface area contributed by atoms with Crippen LogP contribution in [0.1, 0.15) is 24.5 Å². The number of aromatic hydroxyl groups is 1. The number of nitrogens with one attached hydrogen (secondary N) is 1. The van der Waals surface area contributed by atoms with Crippen molar-refractivity contribution >= 4 is 40.3 Å². The number of benzene rings is 2. The molecule has 0 spiro atoms. The summed E-state index contributed by atoms with van der Waals surface area (Å²) in [5.74, 6) is -1.06. The highest BCUT2D eigenvalue weighted by Gasteiger charge is 2.29. The van der Waals surface area contributed by atoms with E-state index in [1.807, 2.05) is 6.07 Å². The third-order valence-corrected chi connectivity index (χ3v) is 4.74. The molecule has 2 aromatic rings.